The van der Waals surface area contributed by atoms with Crippen molar-refractivity contribution in [3.8, 4) is 5.75 Å². The average Bonchev–Trinajstić information content (AvgIpc) is 2.56. The molecule has 0 radical (unpaired) electrons. The van der Waals surface area contributed by atoms with E-state index in [4.69, 9.17) is 4.74 Å². The van der Waals surface area contributed by atoms with E-state index < -0.39 is 0 Å². The lowest BCUT2D eigenvalue weighted by atomic mass is 10.1. The van der Waals surface area contributed by atoms with Crippen molar-refractivity contribution >= 4 is 0 Å². The molecular formula is C19H34N2O. The highest BCUT2D eigenvalue weighted by molar-refractivity contribution is 5.37. The zero-order valence-corrected chi connectivity index (χ0v) is 15.0. The number of hydrogen-bond donors (Lipinski definition) is 1. The zero-order chi connectivity index (χ0) is 16.2. The van der Waals surface area contributed by atoms with Crippen LogP contribution in [0.25, 0.3) is 0 Å². The molecule has 1 N–H and O–H groups in total. The molecule has 0 aliphatic rings. The van der Waals surface area contributed by atoms with Gasteiger partial charge in [0.05, 0.1) is 7.11 Å². The Hall–Kier alpha value is -1.06. The average molecular weight is 306 g/mol. The molecule has 126 valence electrons. The maximum atomic E-state index is 5.58. The summed E-state index contributed by atoms with van der Waals surface area (Å²) in [5, 5.41) is 3.49. The van der Waals surface area contributed by atoms with Gasteiger partial charge in [0.2, 0.25) is 0 Å². The third kappa shape index (κ3) is 6.80. The van der Waals surface area contributed by atoms with Crippen LogP contribution in [0, 0.1) is 0 Å². The van der Waals surface area contributed by atoms with Gasteiger partial charge in [-0.3, -0.25) is 4.90 Å². The van der Waals surface area contributed by atoms with Gasteiger partial charge in [0.1, 0.15) is 5.75 Å². The fourth-order valence-electron chi connectivity index (χ4n) is 2.55. The van der Waals surface area contributed by atoms with Gasteiger partial charge in [-0.25, -0.2) is 0 Å². The van der Waals surface area contributed by atoms with Crippen LogP contribution in [-0.2, 0) is 13.1 Å². The minimum absolute atomic E-state index is 0.886. The number of methoxy groups -OCH3 is 1. The van der Waals surface area contributed by atoms with Gasteiger partial charge in [-0.1, -0.05) is 45.7 Å². The Labute approximate surface area is 137 Å². The Morgan fingerprint density at radius 3 is 2.50 bits per heavy atom. The number of hydrogen-bond acceptors (Lipinski definition) is 3. The van der Waals surface area contributed by atoms with E-state index in [0.717, 1.165) is 31.9 Å². The first-order valence-corrected chi connectivity index (χ1v) is 8.83. The second-order valence-electron chi connectivity index (χ2n) is 5.90. The smallest absolute Gasteiger partial charge is 0.123 e. The molecular weight excluding hydrogens is 272 g/mol. The van der Waals surface area contributed by atoms with Crippen molar-refractivity contribution in [2.45, 2.75) is 59.5 Å². The number of nitrogens with zero attached hydrogens (tertiary/aromatic N) is 1. The first-order valence-electron chi connectivity index (χ1n) is 8.83. The molecule has 0 heterocycles. The molecule has 0 amide bonds. The largest absolute Gasteiger partial charge is 0.496 e. The quantitative estimate of drug-likeness (QED) is 0.586. The van der Waals surface area contributed by atoms with Crippen molar-refractivity contribution in [3.05, 3.63) is 29.3 Å². The van der Waals surface area contributed by atoms with Crippen LogP contribution in [0.5, 0.6) is 5.75 Å². The Morgan fingerprint density at radius 2 is 1.86 bits per heavy atom. The van der Waals surface area contributed by atoms with E-state index in [9.17, 15) is 0 Å². The minimum Gasteiger partial charge on any atom is -0.496 e. The van der Waals surface area contributed by atoms with Crippen LogP contribution >= 0.6 is 0 Å². The van der Waals surface area contributed by atoms with Gasteiger partial charge in [-0.2, -0.15) is 0 Å². The van der Waals surface area contributed by atoms with E-state index in [2.05, 4.69) is 49.2 Å². The lowest BCUT2D eigenvalue weighted by Crippen LogP contribution is -2.24. The summed E-state index contributed by atoms with van der Waals surface area (Å²) in [5.41, 5.74) is 2.59. The number of nitrogens with one attached hydrogen (secondary N) is 1. The van der Waals surface area contributed by atoms with Crippen molar-refractivity contribution in [2.24, 2.45) is 0 Å². The molecule has 1 rings (SSSR count). The molecule has 0 spiro atoms. The van der Waals surface area contributed by atoms with Gasteiger partial charge in [-0.15, -0.1) is 0 Å². The molecule has 1 aromatic rings. The van der Waals surface area contributed by atoms with Crippen LogP contribution < -0.4 is 10.1 Å². The molecule has 0 fully saturated rings. The Morgan fingerprint density at radius 1 is 1.09 bits per heavy atom. The molecule has 0 saturated carbocycles. The van der Waals surface area contributed by atoms with E-state index >= 15 is 0 Å². The van der Waals surface area contributed by atoms with Crippen LogP contribution in [0.15, 0.2) is 18.2 Å². The lowest BCUT2D eigenvalue weighted by Gasteiger charge is -2.21. The van der Waals surface area contributed by atoms with Gasteiger partial charge >= 0.3 is 0 Å². The van der Waals surface area contributed by atoms with Crippen LogP contribution in [0.2, 0.25) is 0 Å². The molecule has 0 aliphatic carbocycles. The summed E-state index contributed by atoms with van der Waals surface area (Å²) in [4.78, 5) is 2.50. The SMILES string of the molecule is CCCCNCc1ccc(CN(CC)CCCC)cc1OC. The molecule has 1 aromatic carbocycles. The topological polar surface area (TPSA) is 24.5 Å². The maximum absolute atomic E-state index is 5.58. The van der Waals surface area contributed by atoms with Gasteiger partial charge in [0.15, 0.2) is 0 Å². The second kappa shape index (κ2) is 11.5. The Kier molecular flexibility index (Phi) is 9.93. The summed E-state index contributed by atoms with van der Waals surface area (Å²) in [6, 6.07) is 6.65. The number of ether oxygens (including phenoxy) is 1. The summed E-state index contributed by atoms with van der Waals surface area (Å²) in [7, 11) is 1.77. The highest BCUT2D eigenvalue weighted by atomic mass is 16.5. The van der Waals surface area contributed by atoms with Crippen LogP contribution in [0.4, 0.5) is 0 Å². The predicted octanol–water partition coefficient (Wildman–Crippen LogP) is 4.21. The van der Waals surface area contributed by atoms with Gasteiger partial charge in [-0.05, 0) is 44.1 Å². The Bertz CT molecular complexity index is 406. The summed E-state index contributed by atoms with van der Waals surface area (Å²) in [5.74, 6) is 1.01. The highest BCUT2D eigenvalue weighted by Crippen LogP contribution is 2.21. The maximum Gasteiger partial charge on any atom is 0.123 e. The van der Waals surface area contributed by atoms with Gasteiger partial charge < -0.3 is 10.1 Å². The standard InChI is InChI=1S/C19H34N2O/c1-5-8-12-20-15-18-11-10-17(14-19(18)22-4)16-21(7-3)13-9-6-2/h10-11,14,20H,5-9,12-13,15-16H2,1-4H3. The summed E-state index contributed by atoms with van der Waals surface area (Å²) >= 11 is 0. The van der Waals surface area contributed by atoms with Crippen LogP contribution in [0.1, 0.15) is 57.6 Å². The summed E-state index contributed by atoms with van der Waals surface area (Å²) in [6.07, 6.45) is 4.98. The molecule has 0 bridgehead atoms. The number of benzene rings is 1. The van der Waals surface area contributed by atoms with Crippen molar-refractivity contribution in [1.29, 1.82) is 0 Å². The normalized spacial score (nSPS) is 11.1. The first kappa shape index (κ1) is 19.0. The van der Waals surface area contributed by atoms with Crippen LogP contribution in [-0.4, -0.2) is 31.6 Å². The fourth-order valence-corrected chi connectivity index (χ4v) is 2.55. The molecule has 0 atom stereocenters. The molecule has 0 aliphatic heterocycles. The minimum atomic E-state index is 0.886. The lowest BCUT2D eigenvalue weighted by molar-refractivity contribution is 0.275. The van der Waals surface area contributed by atoms with E-state index in [1.54, 1.807) is 7.11 Å². The molecule has 0 aromatic heterocycles. The monoisotopic (exact) mass is 306 g/mol. The van der Waals surface area contributed by atoms with Crippen molar-refractivity contribution in [3.63, 3.8) is 0 Å². The second-order valence-corrected chi connectivity index (χ2v) is 5.90. The molecule has 3 nitrogen and oxygen atoms in total. The molecule has 22 heavy (non-hydrogen) atoms. The third-order valence-electron chi connectivity index (χ3n) is 4.06. The number of unbranched alkanes of at least 4 members (excludes halogenated alkanes) is 2. The zero-order valence-electron chi connectivity index (χ0n) is 15.0. The van der Waals surface area contributed by atoms with E-state index in [0.29, 0.717) is 0 Å². The van der Waals surface area contributed by atoms with E-state index in [1.165, 1.54) is 43.4 Å². The third-order valence-corrected chi connectivity index (χ3v) is 4.06. The molecule has 0 saturated heterocycles. The summed E-state index contributed by atoms with van der Waals surface area (Å²) < 4.78 is 5.58. The van der Waals surface area contributed by atoms with Crippen molar-refractivity contribution < 1.29 is 4.74 Å². The van der Waals surface area contributed by atoms with Crippen molar-refractivity contribution in [2.75, 3.05) is 26.7 Å². The van der Waals surface area contributed by atoms with Gasteiger partial charge in [0, 0.05) is 18.7 Å². The Balaban J connectivity index is 2.62. The number of rotatable bonds is 12. The predicted molar refractivity (Wildman–Crippen MR) is 95.5 cm³/mol. The molecule has 0 unspecified atom stereocenters. The highest BCUT2D eigenvalue weighted by Gasteiger charge is 2.07. The van der Waals surface area contributed by atoms with Gasteiger partial charge in [0.25, 0.3) is 0 Å². The summed E-state index contributed by atoms with van der Waals surface area (Å²) in [6.45, 7) is 11.9. The molecule has 3 heteroatoms. The van der Waals surface area contributed by atoms with Crippen LogP contribution in [0.3, 0.4) is 0 Å². The van der Waals surface area contributed by atoms with E-state index in [1.807, 2.05) is 0 Å². The first-order chi connectivity index (χ1) is 10.7. The van der Waals surface area contributed by atoms with E-state index in [-0.39, 0.29) is 0 Å². The fraction of sp³-hybridized carbons (Fsp3) is 0.684. The van der Waals surface area contributed by atoms with Crippen molar-refractivity contribution in [1.82, 2.24) is 10.2 Å².